The van der Waals surface area contributed by atoms with Gasteiger partial charge in [-0.15, -0.1) is 21.5 Å². The summed E-state index contributed by atoms with van der Waals surface area (Å²) in [5.74, 6) is -0.339. The maximum atomic E-state index is 13.4. The number of aryl methyl sites for hydroxylation is 2. The number of rotatable bonds is 16. The van der Waals surface area contributed by atoms with Crippen molar-refractivity contribution in [1.29, 1.82) is 0 Å². The van der Waals surface area contributed by atoms with E-state index in [9.17, 15) is 29.3 Å². The minimum atomic E-state index is -0.627. The number of likely N-dealkylation sites (tertiary alicyclic amines) is 1. The molecule has 1 fully saturated rings. The smallest absolute Gasteiger partial charge is 0.434 e. The van der Waals surface area contributed by atoms with Crippen molar-refractivity contribution < 1.29 is 28.8 Å². The predicted octanol–water partition coefficient (Wildman–Crippen LogP) is 5.75. The summed E-state index contributed by atoms with van der Waals surface area (Å²) in [5.41, 5.74) is 4.88. The van der Waals surface area contributed by atoms with Crippen LogP contribution in [0.4, 0.5) is 5.95 Å². The predicted molar refractivity (Wildman–Crippen MR) is 227 cm³/mol. The van der Waals surface area contributed by atoms with E-state index in [2.05, 4.69) is 39.7 Å². The van der Waals surface area contributed by atoms with Gasteiger partial charge in [0.05, 0.1) is 31.6 Å². The number of benzene rings is 2. The molecule has 19 heteroatoms. The van der Waals surface area contributed by atoms with E-state index in [1.165, 1.54) is 22.7 Å². The van der Waals surface area contributed by atoms with Crippen LogP contribution in [0.2, 0.25) is 5.02 Å². The van der Waals surface area contributed by atoms with Crippen LogP contribution in [0.15, 0.2) is 59.7 Å². The third-order valence-corrected chi connectivity index (χ3v) is 12.4. The molecule has 318 valence electrons. The van der Waals surface area contributed by atoms with Crippen LogP contribution in [0, 0.1) is 30.9 Å². The van der Waals surface area contributed by atoms with E-state index in [4.69, 9.17) is 21.3 Å². The van der Waals surface area contributed by atoms with E-state index in [1.807, 2.05) is 35.8 Å². The fourth-order valence-electron chi connectivity index (χ4n) is 7.48. The number of piperidine rings is 1. The van der Waals surface area contributed by atoms with Crippen molar-refractivity contribution in [3.05, 3.63) is 114 Å². The van der Waals surface area contributed by atoms with Crippen molar-refractivity contribution >= 4 is 58.2 Å². The van der Waals surface area contributed by atoms with Gasteiger partial charge in [0.1, 0.15) is 34.5 Å². The van der Waals surface area contributed by atoms with Crippen molar-refractivity contribution in [3.63, 3.8) is 0 Å². The van der Waals surface area contributed by atoms with Crippen LogP contribution in [0.5, 0.6) is 5.75 Å². The molecule has 2 aromatic carbocycles. The second-order valence-corrected chi connectivity index (χ2v) is 16.6. The molecule has 2 atom stereocenters. The van der Waals surface area contributed by atoms with E-state index in [1.54, 1.807) is 35.6 Å². The third kappa shape index (κ3) is 9.39. The van der Waals surface area contributed by atoms with E-state index in [-0.39, 0.29) is 49.7 Å². The van der Waals surface area contributed by atoms with Gasteiger partial charge in [0.2, 0.25) is 17.7 Å². The molecule has 5 aromatic rings. The molecule has 0 aliphatic carbocycles. The molecule has 1 unspecified atom stereocenters. The molecule has 2 N–H and O–H groups in total. The van der Waals surface area contributed by atoms with Gasteiger partial charge in [0.25, 0.3) is 5.91 Å². The molecule has 2 aliphatic heterocycles. The van der Waals surface area contributed by atoms with Gasteiger partial charge in [-0.2, -0.15) is 0 Å². The van der Waals surface area contributed by atoms with Gasteiger partial charge in [0, 0.05) is 40.5 Å². The van der Waals surface area contributed by atoms with Gasteiger partial charge in [-0.05, 0) is 86.8 Å². The first kappa shape index (κ1) is 42.8. The summed E-state index contributed by atoms with van der Waals surface area (Å²) in [4.78, 5) is 73.6. The number of carbonyl (C=O) groups excluding carboxylic acids is 4. The molecule has 3 aromatic heterocycles. The molecular weight excluding hydrogens is 824 g/mol. The van der Waals surface area contributed by atoms with Crippen LogP contribution in [-0.4, -0.2) is 83.2 Å². The molecule has 5 heterocycles. The molecule has 61 heavy (non-hydrogen) atoms. The van der Waals surface area contributed by atoms with Crippen LogP contribution in [0.3, 0.4) is 0 Å². The number of amides is 4. The summed E-state index contributed by atoms with van der Waals surface area (Å²) in [6.45, 7) is 6.68. The van der Waals surface area contributed by atoms with E-state index < -0.39 is 22.8 Å². The van der Waals surface area contributed by atoms with Crippen molar-refractivity contribution in [1.82, 2.24) is 39.8 Å². The SMILES string of the molecule is Cc1sc2c(c1C)C(c1ccc(Cl)cc1)=N[C@@H](CC(=O)NCCCCCNC(=O)COc1ccc(C3CCC(=O)N(Cc4cnc([N+](=O)[O-])n4C)C3=O)cc1)c1nnc(C)n1-2. The Morgan fingerprint density at radius 3 is 2.38 bits per heavy atom. The van der Waals surface area contributed by atoms with Crippen LogP contribution in [0.1, 0.15) is 95.0 Å². The highest BCUT2D eigenvalue weighted by molar-refractivity contribution is 7.15. The quantitative estimate of drug-likeness (QED) is 0.0531. The Labute approximate surface area is 360 Å². The Balaban J connectivity index is 0.836. The normalized spacial score (nSPS) is 16.1. The number of carbonyl (C=O) groups is 4. The summed E-state index contributed by atoms with van der Waals surface area (Å²) in [6, 6.07) is 13.8. The number of thiophene rings is 1. The number of aromatic nitrogens is 5. The number of nitro groups is 1. The maximum absolute atomic E-state index is 13.4. The first-order valence-electron chi connectivity index (χ1n) is 19.9. The van der Waals surface area contributed by atoms with Gasteiger partial charge >= 0.3 is 5.95 Å². The minimum absolute atomic E-state index is 0.0993. The lowest BCUT2D eigenvalue weighted by Crippen LogP contribution is -2.43. The molecule has 0 bridgehead atoms. The van der Waals surface area contributed by atoms with Crippen molar-refractivity contribution in [2.24, 2.45) is 12.0 Å². The van der Waals surface area contributed by atoms with Gasteiger partial charge in [-0.1, -0.05) is 40.9 Å². The zero-order valence-electron chi connectivity index (χ0n) is 34.1. The van der Waals surface area contributed by atoms with Crippen LogP contribution < -0.4 is 15.4 Å². The monoisotopic (exact) mass is 868 g/mol. The fourth-order valence-corrected chi connectivity index (χ4v) is 8.82. The topological polar surface area (TPSA) is 209 Å². The number of fused-ring (bicyclic) bond motifs is 3. The molecule has 7 rings (SSSR count). The first-order chi connectivity index (χ1) is 29.3. The third-order valence-electron chi connectivity index (χ3n) is 10.9. The minimum Gasteiger partial charge on any atom is -0.484 e. The Bertz CT molecular complexity index is 2510. The fraction of sp³-hybridized carbons (Fsp3) is 0.381. The van der Waals surface area contributed by atoms with Gasteiger partial charge < -0.3 is 25.5 Å². The van der Waals surface area contributed by atoms with Crippen LogP contribution in [-0.2, 0) is 32.8 Å². The summed E-state index contributed by atoms with van der Waals surface area (Å²) in [6.07, 6.45) is 4.08. The Kier molecular flexibility index (Phi) is 13.0. The highest BCUT2D eigenvalue weighted by Crippen LogP contribution is 2.40. The standard InChI is InChI=1S/C42H45ClN10O7S/c1-24-25(2)61-41-37(24)38(28-8-12-29(43)13-9-28)47-33(39-49-48-26(3)52(39)41)20-34(54)44-18-6-5-7-19-45-35(55)23-60-31-14-10-27(11-15-31)32-16-17-36(56)51(40(32)57)22-30-21-46-42(50(30)4)53(58)59/h8-15,21,32-33H,5-7,16-20,22-23H2,1-4H3,(H,44,54)(H,45,55)/t32?,33-/m0/s1. The number of imide groups is 1. The maximum Gasteiger partial charge on any atom is 0.434 e. The number of ether oxygens (including phenoxy) is 1. The molecular formula is C42H45ClN10O7S. The van der Waals surface area contributed by atoms with Crippen LogP contribution in [0.25, 0.3) is 5.00 Å². The van der Waals surface area contributed by atoms with Crippen molar-refractivity contribution in [3.8, 4) is 10.8 Å². The molecule has 0 radical (unpaired) electrons. The molecule has 0 saturated carbocycles. The second kappa shape index (κ2) is 18.6. The molecule has 0 spiro atoms. The highest BCUT2D eigenvalue weighted by atomic mass is 35.5. The van der Waals surface area contributed by atoms with Gasteiger partial charge in [-0.3, -0.25) is 33.6 Å². The Morgan fingerprint density at radius 1 is 0.984 bits per heavy atom. The number of nitrogens with zero attached hydrogens (tertiary/aromatic N) is 8. The Hall–Kier alpha value is -6.27. The summed E-state index contributed by atoms with van der Waals surface area (Å²) < 4.78 is 8.94. The largest absolute Gasteiger partial charge is 0.484 e. The Morgan fingerprint density at radius 2 is 1.69 bits per heavy atom. The number of hydrogen-bond donors (Lipinski definition) is 2. The van der Waals surface area contributed by atoms with Crippen molar-refractivity contribution in [2.45, 2.75) is 77.8 Å². The summed E-state index contributed by atoms with van der Waals surface area (Å²) in [5, 5.41) is 27.5. The number of halogens is 1. The van der Waals surface area contributed by atoms with E-state index in [0.29, 0.717) is 53.8 Å². The van der Waals surface area contributed by atoms with Crippen LogP contribution >= 0.6 is 22.9 Å². The average molecular weight is 869 g/mol. The zero-order valence-corrected chi connectivity index (χ0v) is 35.7. The number of hydrogen-bond acceptors (Lipinski definition) is 12. The lowest BCUT2D eigenvalue weighted by atomic mass is 9.89. The number of imidazole rings is 1. The lowest BCUT2D eigenvalue weighted by Gasteiger charge is -2.30. The zero-order chi connectivity index (χ0) is 43.4. The molecule has 2 aliphatic rings. The van der Waals surface area contributed by atoms with E-state index in [0.717, 1.165) is 51.0 Å². The van der Waals surface area contributed by atoms with E-state index >= 15 is 0 Å². The van der Waals surface area contributed by atoms with Gasteiger partial charge in [-0.25, -0.2) is 4.57 Å². The second-order valence-electron chi connectivity index (χ2n) is 15.0. The molecule has 17 nitrogen and oxygen atoms in total. The highest BCUT2D eigenvalue weighted by Gasteiger charge is 2.37. The summed E-state index contributed by atoms with van der Waals surface area (Å²) >= 11 is 7.88. The number of unbranched alkanes of at least 4 members (excludes halogenated alkanes) is 2. The van der Waals surface area contributed by atoms with Gasteiger partial charge in [0.15, 0.2) is 12.4 Å². The molecule has 1 saturated heterocycles. The molecule has 4 amide bonds. The number of aliphatic imine (C=N–C) groups is 1. The average Bonchev–Trinajstić information content (AvgIpc) is 3.87. The lowest BCUT2D eigenvalue weighted by molar-refractivity contribution is -0.396. The first-order valence-corrected chi connectivity index (χ1v) is 21.1. The van der Waals surface area contributed by atoms with Crippen molar-refractivity contribution in [2.75, 3.05) is 19.7 Å². The summed E-state index contributed by atoms with van der Waals surface area (Å²) in [7, 11) is 1.46. The number of nitrogens with one attached hydrogen (secondary N) is 2.